The predicted molar refractivity (Wildman–Crippen MR) is 121 cm³/mol. The number of hydrogen-bond acceptors (Lipinski definition) is 6. The summed E-state index contributed by atoms with van der Waals surface area (Å²) in [6.07, 6.45) is 2.01. The lowest BCUT2D eigenvalue weighted by Gasteiger charge is -2.14. The summed E-state index contributed by atoms with van der Waals surface area (Å²) in [6, 6.07) is 14.6. The van der Waals surface area contributed by atoms with Crippen LogP contribution in [-0.4, -0.2) is 34.7 Å². The van der Waals surface area contributed by atoms with Crippen LogP contribution in [0.15, 0.2) is 53.4 Å². The van der Waals surface area contributed by atoms with E-state index in [4.69, 9.17) is 21.1 Å². The Labute approximate surface area is 190 Å². The molecule has 6 nitrogen and oxygen atoms in total. The number of benzene rings is 2. The number of thioether (sulfide) groups is 1. The molecule has 0 N–H and O–H groups in total. The fourth-order valence-electron chi connectivity index (χ4n) is 2.70. The van der Waals surface area contributed by atoms with Crippen LogP contribution in [0.25, 0.3) is 6.08 Å². The van der Waals surface area contributed by atoms with Crippen molar-refractivity contribution < 1.29 is 23.9 Å². The summed E-state index contributed by atoms with van der Waals surface area (Å²) < 4.78 is 10.9. The summed E-state index contributed by atoms with van der Waals surface area (Å²) >= 11 is 6.93. The van der Waals surface area contributed by atoms with Gasteiger partial charge in [0.05, 0.1) is 11.0 Å². The summed E-state index contributed by atoms with van der Waals surface area (Å²) in [5.74, 6) is -0.453. The van der Waals surface area contributed by atoms with Gasteiger partial charge in [-0.25, -0.2) is 0 Å². The van der Waals surface area contributed by atoms with E-state index in [1.54, 1.807) is 43.3 Å². The van der Waals surface area contributed by atoms with Gasteiger partial charge in [0, 0.05) is 10.6 Å². The summed E-state index contributed by atoms with van der Waals surface area (Å²) in [7, 11) is 0. The Morgan fingerprint density at radius 1 is 1.16 bits per heavy atom. The Hall–Kier alpha value is -2.77. The molecule has 1 saturated heterocycles. The van der Waals surface area contributed by atoms with Gasteiger partial charge in [0.1, 0.15) is 18.9 Å². The van der Waals surface area contributed by atoms with Gasteiger partial charge in [0.15, 0.2) is 0 Å². The number of esters is 1. The molecule has 3 rings (SSSR count). The van der Waals surface area contributed by atoms with Crippen LogP contribution < -0.4 is 4.74 Å². The molecule has 0 bridgehead atoms. The number of halogens is 1. The number of carbonyl (C=O) groups excluding carboxylic acids is 3. The first-order valence-corrected chi connectivity index (χ1v) is 11.0. The van der Waals surface area contributed by atoms with E-state index in [0.29, 0.717) is 23.8 Å². The van der Waals surface area contributed by atoms with Gasteiger partial charge < -0.3 is 9.47 Å². The second kappa shape index (κ2) is 10.5. The first kappa shape index (κ1) is 22.9. The summed E-state index contributed by atoms with van der Waals surface area (Å²) in [5.41, 5.74) is 1.62. The van der Waals surface area contributed by atoms with Crippen molar-refractivity contribution in [3.05, 3.63) is 69.6 Å². The molecule has 1 atom stereocenters. The molecule has 2 aromatic rings. The molecule has 31 heavy (non-hydrogen) atoms. The number of rotatable bonds is 8. The topological polar surface area (TPSA) is 72.9 Å². The Balaban J connectivity index is 1.61. The van der Waals surface area contributed by atoms with E-state index in [2.05, 4.69) is 0 Å². The highest BCUT2D eigenvalue weighted by Gasteiger charge is 2.36. The predicted octanol–water partition coefficient (Wildman–Crippen LogP) is 5.30. The largest absolute Gasteiger partial charge is 0.489 e. The minimum atomic E-state index is -0.599. The normalized spacial score (nSPS) is 16.0. The van der Waals surface area contributed by atoms with E-state index in [-0.39, 0.29) is 17.6 Å². The van der Waals surface area contributed by atoms with Crippen molar-refractivity contribution in [2.75, 3.05) is 6.54 Å². The Bertz CT molecular complexity index is 1010. The number of amides is 2. The zero-order chi connectivity index (χ0) is 22.4. The highest BCUT2D eigenvalue weighted by atomic mass is 35.5. The monoisotopic (exact) mass is 459 g/mol. The van der Waals surface area contributed by atoms with Gasteiger partial charge in [-0.15, -0.1) is 0 Å². The second-order valence-electron chi connectivity index (χ2n) is 6.93. The lowest BCUT2D eigenvalue weighted by molar-refractivity contribution is -0.150. The minimum absolute atomic E-state index is 0.256. The average molecular weight is 460 g/mol. The van der Waals surface area contributed by atoms with Gasteiger partial charge in [-0.3, -0.25) is 19.3 Å². The van der Waals surface area contributed by atoms with E-state index in [1.807, 2.05) is 25.1 Å². The van der Waals surface area contributed by atoms with E-state index >= 15 is 0 Å². The van der Waals surface area contributed by atoms with Crippen LogP contribution in [0, 0.1) is 0 Å². The smallest absolute Gasteiger partial charge is 0.326 e. The lowest BCUT2D eigenvalue weighted by atomic mass is 10.2. The van der Waals surface area contributed by atoms with Crippen molar-refractivity contribution in [3.8, 4) is 5.75 Å². The summed E-state index contributed by atoms with van der Waals surface area (Å²) in [5, 5.41) is 0.153. The van der Waals surface area contributed by atoms with Crippen LogP contribution in [0.1, 0.15) is 31.4 Å². The molecule has 2 aromatic carbocycles. The molecule has 0 unspecified atom stereocenters. The molecular formula is C23H22ClNO5S. The SMILES string of the molecule is CC[C@H](C)OC(=O)CN1C(=O)S/C(=C/c2ccc(OCc3ccccc3Cl)cc2)C1=O. The Morgan fingerprint density at radius 3 is 2.55 bits per heavy atom. The van der Waals surface area contributed by atoms with Crippen LogP contribution in [0.5, 0.6) is 5.75 Å². The molecule has 162 valence electrons. The van der Waals surface area contributed by atoms with Crippen LogP contribution >= 0.6 is 23.4 Å². The van der Waals surface area contributed by atoms with Crippen molar-refractivity contribution in [1.82, 2.24) is 4.90 Å². The third kappa shape index (κ3) is 6.12. The maximum absolute atomic E-state index is 12.5. The lowest BCUT2D eigenvalue weighted by Crippen LogP contribution is -2.35. The van der Waals surface area contributed by atoms with Crippen LogP contribution in [-0.2, 0) is 20.9 Å². The van der Waals surface area contributed by atoms with Crippen LogP contribution in [0.3, 0.4) is 0 Å². The molecule has 0 aromatic heterocycles. The first-order valence-electron chi connectivity index (χ1n) is 9.78. The molecule has 2 amide bonds. The maximum Gasteiger partial charge on any atom is 0.326 e. The number of imide groups is 1. The van der Waals surface area contributed by atoms with Crippen molar-refractivity contribution in [1.29, 1.82) is 0 Å². The molecule has 1 heterocycles. The van der Waals surface area contributed by atoms with Gasteiger partial charge in [0.25, 0.3) is 11.1 Å². The summed E-state index contributed by atoms with van der Waals surface area (Å²) in [4.78, 5) is 37.8. The fraction of sp³-hybridized carbons (Fsp3) is 0.261. The fourth-order valence-corrected chi connectivity index (χ4v) is 3.73. The quantitative estimate of drug-likeness (QED) is 0.394. The maximum atomic E-state index is 12.5. The van der Waals surface area contributed by atoms with Gasteiger partial charge in [-0.2, -0.15) is 0 Å². The Morgan fingerprint density at radius 2 is 1.87 bits per heavy atom. The molecule has 1 fully saturated rings. The van der Waals surface area contributed by atoms with Crippen LogP contribution in [0.4, 0.5) is 4.79 Å². The standard InChI is InChI=1S/C23H22ClNO5S/c1-3-15(2)30-21(26)13-25-22(27)20(31-23(25)28)12-16-8-10-18(11-9-16)29-14-17-6-4-5-7-19(17)24/h4-12,15H,3,13-14H2,1-2H3/b20-12+/t15-/m0/s1. The molecule has 1 aliphatic rings. The van der Waals surface area contributed by atoms with Gasteiger partial charge in [-0.05, 0) is 54.9 Å². The number of nitrogens with zero attached hydrogens (tertiary/aromatic N) is 1. The molecule has 0 aliphatic carbocycles. The number of hydrogen-bond donors (Lipinski definition) is 0. The van der Waals surface area contributed by atoms with Crippen LogP contribution in [0.2, 0.25) is 5.02 Å². The zero-order valence-electron chi connectivity index (χ0n) is 17.2. The molecule has 0 spiro atoms. The number of ether oxygens (including phenoxy) is 2. The van der Waals surface area contributed by atoms with E-state index in [9.17, 15) is 14.4 Å². The number of carbonyl (C=O) groups is 3. The van der Waals surface area contributed by atoms with Crippen molar-refractivity contribution in [3.63, 3.8) is 0 Å². The second-order valence-corrected chi connectivity index (χ2v) is 8.33. The highest BCUT2D eigenvalue weighted by molar-refractivity contribution is 8.18. The van der Waals surface area contributed by atoms with Gasteiger partial charge in [-0.1, -0.05) is 48.9 Å². The van der Waals surface area contributed by atoms with Crippen molar-refractivity contribution >= 4 is 46.6 Å². The molecular weight excluding hydrogens is 438 g/mol. The van der Waals surface area contributed by atoms with Gasteiger partial charge >= 0.3 is 5.97 Å². The van der Waals surface area contributed by atoms with E-state index in [0.717, 1.165) is 27.8 Å². The first-order chi connectivity index (χ1) is 14.9. The van der Waals surface area contributed by atoms with Crippen molar-refractivity contribution in [2.45, 2.75) is 33.0 Å². The minimum Gasteiger partial charge on any atom is -0.489 e. The average Bonchev–Trinajstić information content (AvgIpc) is 3.01. The van der Waals surface area contributed by atoms with E-state index < -0.39 is 17.1 Å². The highest BCUT2D eigenvalue weighted by Crippen LogP contribution is 2.32. The van der Waals surface area contributed by atoms with Crippen molar-refractivity contribution in [2.24, 2.45) is 0 Å². The van der Waals surface area contributed by atoms with E-state index in [1.165, 1.54) is 0 Å². The Kier molecular flexibility index (Phi) is 7.76. The molecule has 0 saturated carbocycles. The third-order valence-electron chi connectivity index (χ3n) is 4.60. The summed E-state index contributed by atoms with van der Waals surface area (Å²) in [6.45, 7) is 3.59. The molecule has 0 radical (unpaired) electrons. The zero-order valence-corrected chi connectivity index (χ0v) is 18.7. The third-order valence-corrected chi connectivity index (χ3v) is 5.87. The molecule has 8 heteroatoms. The van der Waals surface area contributed by atoms with Gasteiger partial charge in [0.2, 0.25) is 0 Å². The molecule has 1 aliphatic heterocycles.